The van der Waals surface area contributed by atoms with Crippen LogP contribution < -0.4 is 16.4 Å². The van der Waals surface area contributed by atoms with Crippen LogP contribution in [0.4, 0.5) is 13.2 Å². The standard InChI is InChI=1S/C24H36F3N3O3/c1-15(2)20(21(31)24(25,26)27)30-23(33)19(14-17-11-7-4-8-12-17)29-22(32)18(28)13-16-9-5-3-6-10-16/h4,7-8,11-12,15-16,18-21,31H,3,5-6,9-10,13-14,28H2,1-2H3,(H,29,32)(H,30,33)/t18?,19?,20-,21-/m0/s1. The smallest absolute Gasteiger partial charge is 0.382 e. The number of rotatable bonds is 10. The van der Waals surface area contributed by atoms with Gasteiger partial charge in [0.1, 0.15) is 6.04 Å². The van der Waals surface area contributed by atoms with E-state index >= 15 is 0 Å². The predicted octanol–water partition coefficient (Wildman–Crippen LogP) is 3.08. The number of hydrogen-bond donors (Lipinski definition) is 4. The molecule has 9 heteroatoms. The summed E-state index contributed by atoms with van der Waals surface area (Å²) in [6.07, 6.45) is -1.59. The number of aliphatic hydroxyl groups is 1. The number of nitrogens with two attached hydrogens (primary N) is 1. The molecule has 1 aliphatic carbocycles. The maximum absolute atomic E-state index is 13.1. The molecule has 4 atom stereocenters. The Labute approximate surface area is 193 Å². The highest BCUT2D eigenvalue weighted by atomic mass is 19.4. The third-order valence-electron chi connectivity index (χ3n) is 6.27. The Hall–Kier alpha value is -2.13. The van der Waals surface area contributed by atoms with E-state index in [1.165, 1.54) is 20.3 Å². The van der Waals surface area contributed by atoms with E-state index in [1.54, 1.807) is 30.3 Å². The van der Waals surface area contributed by atoms with Crippen molar-refractivity contribution in [3.63, 3.8) is 0 Å². The zero-order valence-electron chi connectivity index (χ0n) is 19.3. The van der Waals surface area contributed by atoms with Crippen LogP contribution in [0.3, 0.4) is 0 Å². The molecule has 2 unspecified atom stereocenters. The molecule has 1 aromatic rings. The highest BCUT2D eigenvalue weighted by Crippen LogP contribution is 2.27. The van der Waals surface area contributed by atoms with Gasteiger partial charge >= 0.3 is 6.18 Å². The van der Waals surface area contributed by atoms with Gasteiger partial charge in [-0.2, -0.15) is 13.2 Å². The van der Waals surface area contributed by atoms with Crippen molar-refractivity contribution in [1.82, 2.24) is 10.6 Å². The number of carbonyl (C=O) groups excluding carboxylic acids is 2. The number of amides is 2. The van der Waals surface area contributed by atoms with Gasteiger partial charge in [-0.15, -0.1) is 0 Å². The number of nitrogens with one attached hydrogen (secondary N) is 2. The molecular formula is C24H36F3N3O3. The molecule has 0 heterocycles. The van der Waals surface area contributed by atoms with Crippen LogP contribution >= 0.6 is 0 Å². The van der Waals surface area contributed by atoms with Crippen molar-refractivity contribution in [3.8, 4) is 0 Å². The molecule has 0 radical (unpaired) electrons. The second-order valence-corrected chi connectivity index (χ2v) is 9.36. The van der Waals surface area contributed by atoms with Crippen molar-refractivity contribution in [2.24, 2.45) is 17.6 Å². The molecule has 6 nitrogen and oxygen atoms in total. The summed E-state index contributed by atoms with van der Waals surface area (Å²) in [5.74, 6) is -1.63. The molecule has 2 rings (SSSR count). The highest BCUT2D eigenvalue weighted by molar-refractivity contribution is 5.90. The lowest BCUT2D eigenvalue weighted by Gasteiger charge is -2.31. The average Bonchev–Trinajstić information content (AvgIpc) is 2.76. The fourth-order valence-electron chi connectivity index (χ4n) is 4.31. The molecular weight excluding hydrogens is 435 g/mol. The first-order chi connectivity index (χ1) is 15.5. The van der Waals surface area contributed by atoms with Gasteiger partial charge in [-0.05, 0) is 23.8 Å². The average molecular weight is 472 g/mol. The lowest BCUT2D eigenvalue weighted by atomic mass is 9.85. The van der Waals surface area contributed by atoms with Gasteiger partial charge in [0.2, 0.25) is 11.8 Å². The van der Waals surface area contributed by atoms with Crippen LogP contribution in [0.5, 0.6) is 0 Å². The van der Waals surface area contributed by atoms with Crippen molar-refractivity contribution < 1.29 is 27.9 Å². The van der Waals surface area contributed by atoms with Gasteiger partial charge < -0.3 is 21.5 Å². The summed E-state index contributed by atoms with van der Waals surface area (Å²) in [4.78, 5) is 25.8. The van der Waals surface area contributed by atoms with Crippen LogP contribution in [-0.4, -0.2) is 47.3 Å². The molecule has 1 fully saturated rings. The van der Waals surface area contributed by atoms with Crippen LogP contribution in [0, 0.1) is 11.8 Å². The molecule has 33 heavy (non-hydrogen) atoms. The third kappa shape index (κ3) is 8.62. The van der Waals surface area contributed by atoms with Crippen molar-refractivity contribution >= 4 is 11.8 Å². The summed E-state index contributed by atoms with van der Waals surface area (Å²) >= 11 is 0. The first-order valence-electron chi connectivity index (χ1n) is 11.6. The maximum atomic E-state index is 13.1. The minimum absolute atomic E-state index is 0.0848. The van der Waals surface area contributed by atoms with Crippen LogP contribution in [0.25, 0.3) is 0 Å². The van der Waals surface area contributed by atoms with Crippen molar-refractivity contribution in [3.05, 3.63) is 35.9 Å². The Morgan fingerprint density at radius 3 is 2.21 bits per heavy atom. The number of carbonyl (C=O) groups is 2. The molecule has 0 bridgehead atoms. The Kier molecular flexibility index (Phi) is 10.2. The summed E-state index contributed by atoms with van der Waals surface area (Å²) in [5, 5.41) is 14.7. The second kappa shape index (κ2) is 12.4. The summed E-state index contributed by atoms with van der Waals surface area (Å²) in [6.45, 7) is 2.95. The van der Waals surface area contributed by atoms with Crippen LogP contribution in [0.15, 0.2) is 30.3 Å². The lowest BCUT2D eigenvalue weighted by molar-refractivity contribution is -0.215. The molecule has 186 valence electrons. The van der Waals surface area contributed by atoms with Crippen molar-refractivity contribution in [2.75, 3.05) is 0 Å². The van der Waals surface area contributed by atoms with E-state index in [1.807, 2.05) is 0 Å². The van der Waals surface area contributed by atoms with Crippen LogP contribution in [0.2, 0.25) is 0 Å². The SMILES string of the molecule is CC(C)[C@H](NC(=O)C(Cc1ccccc1)NC(=O)C(N)CC1CCCCC1)[C@H](O)C(F)(F)F. The summed E-state index contributed by atoms with van der Waals surface area (Å²) in [5.41, 5.74) is 6.84. The Balaban J connectivity index is 2.13. The highest BCUT2D eigenvalue weighted by Gasteiger charge is 2.45. The number of halogens is 3. The van der Waals surface area contributed by atoms with Gasteiger partial charge in [0.15, 0.2) is 6.10 Å². The van der Waals surface area contributed by atoms with E-state index in [9.17, 15) is 27.9 Å². The quantitative estimate of drug-likeness (QED) is 0.421. The van der Waals surface area contributed by atoms with Crippen LogP contribution in [-0.2, 0) is 16.0 Å². The van der Waals surface area contributed by atoms with E-state index < -0.39 is 48.1 Å². The van der Waals surface area contributed by atoms with Crippen molar-refractivity contribution in [1.29, 1.82) is 0 Å². The monoisotopic (exact) mass is 471 g/mol. The molecule has 1 saturated carbocycles. The predicted molar refractivity (Wildman–Crippen MR) is 120 cm³/mol. The topological polar surface area (TPSA) is 104 Å². The minimum atomic E-state index is -4.89. The molecule has 2 amide bonds. The van der Waals surface area contributed by atoms with Gasteiger partial charge in [0, 0.05) is 6.42 Å². The normalized spacial score (nSPS) is 18.9. The number of aliphatic hydroxyl groups excluding tert-OH is 1. The maximum Gasteiger partial charge on any atom is 0.416 e. The molecule has 0 saturated heterocycles. The van der Waals surface area contributed by atoms with Gasteiger partial charge in [0.05, 0.1) is 12.1 Å². The minimum Gasteiger partial charge on any atom is -0.382 e. The Morgan fingerprint density at radius 2 is 1.67 bits per heavy atom. The fourth-order valence-corrected chi connectivity index (χ4v) is 4.31. The molecule has 1 aliphatic rings. The lowest BCUT2D eigenvalue weighted by Crippen LogP contribution is -2.59. The number of benzene rings is 1. The van der Waals surface area contributed by atoms with Gasteiger partial charge in [0.25, 0.3) is 0 Å². The van der Waals surface area contributed by atoms with Gasteiger partial charge in [-0.1, -0.05) is 76.3 Å². The van der Waals surface area contributed by atoms with Gasteiger partial charge in [-0.25, -0.2) is 0 Å². The number of alkyl halides is 3. The third-order valence-corrected chi connectivity index (χ3v) is 6.27. The van der Waals surface area contributed by atoms with Crippen LogP contribution in [0.1, 0.15) is 57.9 Å². The van der Waals surface area contributed by atoms with Crippen molar-refractivity contribution in [2.45, 2.75) is 89.2 Å². The molecule has 0 aliphatic heterocycles. The van der Waals surface area contributed by atoms with Gasteiger partial charge in [-0.3, -0.25) is 9.59 Å². The molecule has 5 N–H and O–H groups in total. The zero-order valence-corrected chi connectivity index (χ0v) is 19.3. The Morgan fingerprint density at radius 1 is 1.06 bits per heavy atom. The molecule has 1 aromatic carbocycles. The van der Waals surface area contributed by atoms with E-state index in [4.69, 9.17) is 5.73 Å². The largest absolute Gasteiger partial charge is 0.416 e. The van der Waals surface area contributed by atoms with E-state index in [0.717, 1.165) is 31.2 Å². The second-order valence-electron chi connectivity index (χ2n) is 9.36. The van der Waals surface area contributed by atoms with E-state index in [2.05, 4.69) is 10.6 Å². The first-order valence-corrected chi connectivity index (χ1v) is 11.6. The zero-order chi connectivity index (χ0) is 24.6. The number of hydrogen-bond acceptors (Lipinski definition) is 4. The summed E-state index contributed by atoms with van der Waals surface area (Å²) in [6, 6.07) is 5.38. The van der Waals surface area contributed by atoms with E-state index in [0.29, 0.717) is 12.3 Å². The first kappa shape index (κ1) is 27.1. The molecule has 0 aromatic heterocycles. The van der Waals surface area contributed by atoms with E-state index in [-0.39, 0.29) is 6.42 Å². The Bertz CT molecular complexity index is 752. The summed E-state index contributed by atoms with van der Waals surface area (Å²) < 4.78 is 39.3. The summed E-state index contributed by atoms with van der Waals surface area (Å²) in [7, 11) is 0. The fraction of sp³-hybridized carbons (Fsp3) is 0.667. The molecule has 0 spiro atoms.